The van der Waals surface area contributed by atoms with Crippen molar-refractivity contribution in [1.82, 2.24) is 15.2 Å². The quantitative estimate of drug-likeness (QED) is 0.131. The molecule has 14 nitrogen and oxygen atoms in total. The minimum Gasteiger partial charge on any atom is -0.456 e. The Kier molecular flexibility index (Phi) is 9.19. The van der Waals surface area contributed by atoms with Gasteiger partial charge in [0.1, 0.15) is 24.0 Å². The normalized spacial score (nSPS) is 22.4. The number of nitrogens with zero attached hydrogens (tertiary/aromatic N) is 4. The molecule has 0 bridgehead atoms. The summed E-state index contributed by atoms with van der Waals surface area (Å²) in [5, 5.41) is 26.2. The Balaban J connectivity index is 1.26. The van der Waals surface area contributed by atoms with E-state index in [0.29, 0.717) is 28.7 Å². The van der Waals surface area contributed by atoms with Crippen LogP contribution in [-0.2, 0) is 25.7 Å². The number of anilines is 1. The van der Waals surface area contributed by atoms with E-state index in [9.17, 15) is 34.4 Å². The van der Waals surface area contributed by atoms with Crippen LogP contribution in [0.3, 0.4) is 0 Å². The number of esters is 1. The Morgan fingerprint density at radius 2 is 1.91 bits per heavy atom. The van der Waals surface area contributed by atoms with Crippen molar-refractivity contribution >= 4 is 57.6 Å². The Hall–Kier alpha value is -4.02. The van der Waals surface area contributed by atoms with Crippen LogP contribution in [0.15, 0.2) is 40.2 Å². The third-order valence-corrected chi connectivity index (χ3v) is 10.6. The number of aliphatic hydroxyl groups excluding tert-OH is 1. The number of thioether (sulfide) groups is 1. The number of amides is 3. The number of carbonyl (C=O) groups excluding carboxylic acids is 4. The van der Waals surface area contributed by atoms with Gasteiger partial charge in [-0.25, -0.2) is 9.78 Å². The lowest BCUT2D eigenvalue weighted by Crippen LogP contribution is -2.63. The van der Waals surface area contributed by atoms with Crippen LogP contribution < -0.4 is 16.0 Å². The minimum atomic E-state index is -0.878. The second kappa shape index (κ2) is 12.8. The number of carbonyl (C=O) groups is 4. The standard InChI is InChI=1S/C29H34N6O8S2/c1-13(2)21(25(30)37)32-26(38)19-12-44-29(31-19)33-9-18(10-33)45-24-14(3)22-20(15(4)36)27(39)34(22)23(24)28(40)43-11-16-5-7-17(8-6-16)35(41)42/h5-8,12-15,18,20-22,36H,9-11H2,1-4H3,(H2,30,37)(H,32,38)/t14-,15-,20-,21+,22-/m1/s1. The number of non-ortho nitro benzene ring substituents is 1. The Bertz CT molecular complexity index is 1550. The van der Waals surface area contributed by atoms with Gasteiger partial charge in [0, 0.05) is 46.7 Å². The number of hydrogen-bond acceptors (Lipinski definition) is 12. The fourth-order valence-electron chi connectivity index (χ4n) is 5.74. The van der Waals surface area contributed by atoms with Crippen LogP contribution in [0.25, 0.3) is 0 Å². The van der Waals surface area contributed by atoms with Crippen molar-refractivity contribution in [3.05, 3.63) is 61.6 Å². The Labute approximate surface area is 267 Å². The summed E-state index contributed by atoms with van der Waals surface area (Å²) >= 11 is 2.79. The van der Waals surface area contributed by atoms with E-state index < -0.39 is 40.8 Å². The van der Waals surface area contributed by atoms with Crippen molar-refractivity contribution in [2.24, 2.45) is 23.5 Å². The van der Waals surface area contributed by atoms with Crippen molar-refractivity contribution in [3.8, 4) is 0 Å². The van der Waals surface area contributed by atoms with Crippen LogP contribution in [0.2, 0.25) is 0 Å². The first-order valence-electron chi connectivity index (χ1n) is 14.4. The van der Waals surface area contributed by atoms with E-state index in [1.807, 2.05) is 11.8 Å². The number of primary amides is 1. The summed E-state index contributed by atoms with van der Waals surface area (Å²) in [6.45, 7) is 8.09. The molecule has 5 rings (SSSR count). The van der Waals surface area contributed by atoms with E-state index in [0.717, 1.165) is 0 Å². The summed E-state index contributed by atoms with van der Waals surface area (Å²) in [6.07, 6.45) is -0.878. The molecule has 5 atom stereocenters. The highest BCUT2D eigenvalue weighted by Gasteiger charge is 2.60. The molecule has 4 N–H and O–H groups in total. The van der Waals surface area contributed by atoms with Gasteiger partial charge in [-0.2, -0.15) is 0 Å². The van der Waals surface area contributed by atoms with Gasteiger partial charge in [-0.3, -0.25) is 24.5 Å². The molecule has 2 aromatic rings. The van der Waals surface area contributed by atoms with Gasteiger partial charge in [0.25, 0.3) is 11.6 Å². The predicted octanol–water partition coefficient (Wildman–Crippen LogP) is 2.03. The molecule has 3 aliphatic heterocycles. The summed E-state index contributed by atoms with van der Waals surface area (Å²) in [7, 11) is 0. The van der Waals surface area contributed by atoms with Crippen LogP contribution in [0.4, 0.5) is 10.8 Å². The molecule has 1 aromatic carbocycles. The van der Waals surface area contributed by atoms with Gasteiger partial charge >= 0.3 is 5.97 Å². The van der Waals surface area contributed by atoms with E-state index in [1.165, 1.54) is 52.3 Å². The Morgan fingerprint density at radius 3 is 2.49 bits per heavy atom. The van der Waals surface area contributed by atoms with Crippen molar-refractivity contribution in [2.45, 2.75) is 57.7 Å². The topological polar surface area (TPSA) is 198 Å². The number of ether oxygens (including phenoxy) is 1. The van der Waals surface area contributed by atoms with Crippen molar-refractivity contribution in [2.75, 3.05) is 18.0 Å². The molecule has 0 spiro atoms. The zero-order valence-corrected chi connectivity index (χ0v) is 26.7. The average Bonchev–Trinajstić information content (AvgIpc) is 3.53. The van der Waals surface area contributed by atoms with E-state index in [1.54, 1.807) is 26.2 Å². The SMILES string of the molecule is CC(C)[C@H](NC(=O)c1csc(N2CC(SC3=C(C(=O)OCc4ccc([N+](=O)[O-])cc4)N4C(=O)[C@H]([C@@H](C)O)[C@H]4[C@H]3C)C2)n1)C(N)=O. The lowest BCUT2D eigenvalue weighted by molar-refractivity contribution is -0.384. The minimum absolute atomic E-state index is 0.0556. The molecule has 0 aliphatic carbocycles. The van der Waals surface area contributed by atoms with Gasteiger partial charge in [-0.15, -0.1) is 23.1 Å². The number of aliphatic hydroxyl groups is 1. The van der Waals surface area contributed by atoms with Gasteiger partial charge in [-0.1, -0.05) is 20.8 Å². The number of β-lactam (4-membered cyclic amide) rings is 1. The summed E-state index contributed by atoms with van der Waals surface area (Å²) in [6, 6.07) is 4.49. The van der Waals surface area contributed by atoms with Gasteiger partial charge in [0.15, 0.2) is 5.13 Å². The number of nitrogens with two attached hydrogens (primary N) is 1. The molecule has 16 heteroatoms. The average molecular weight is 659 g/mol. The number of aromatic nitrogens is 1. The van der Waals surface area contributed by atoms with Crippen molar-refractivity contribution in [1.29, 1.82) is 0 Å². The highest BCUT2D eigenvalue weighted by Crippen LogP contribution is 2.52. The summed E-state index contributed by atoms with van der Waals surface area (Å²) in [5.41, 5.74) is 6.25. The summed E-state index contributed by atoms with van der Waals surface area (Å²) in [4.78, 5) is 69.8. The molecule has 2 fully saturated rings. The second-order valence-electron chi connectivity index (χ2n) is 11.7. The molecule has 3 aliphatic rings. The van der Waals surface area contributed by atoms with Gasteiger partial charge in [0.05, 0.1) is 23.0 Å². The van der Waals surface area contributed by atoms with Crippen molar-refractivity contribution in [3.63, 3.8) is 0 Å². The fourth-order valence-corrected chi connectivity index (χ4v) is 8.09. The van der Waals surface area contributed by atoms with Crippen LogP contribution in [0.5, 0.6) is 0 Å². The van der Waals surface area contributed by atoms with Crippen molar-refractivity contribution < 1.29 is 33.9 Å². The largest absolute Gasteiger partial charge is 0.456 e. The van der Waals surface area contributed by atoms with Gasteiger partial charge in [0.2, 0.25) is 11.8 Å². The lowest BCUT2D eigenvalue weighted by atomic mass is 9.79. The third-order valence-electron chi connectivity index (χ3n) is 8.22. The monoisotopic (exact) mass is 658 g/mol. The molecule has 0 saturated carbocycles. The molecule has 0 unspecified atom stereocenters. The number of fused-ring (bicyclic) bond motifs is 1. The van der Waals surface area contributed by atoms with Crippen LogP contribution >= 0.6 is 23.1 Å². The van der Waals surface area contributed by atoms with Gasteiger partial charge in [-0.05, 0) is 30.5 Å². The lowest BCUT2D eigenvalue weighted by Gasteiger charge is -2.46. The fraction of sp³-hybridized carbons (Fsp3) is 0.483. The first kappa shape index (κ1) is 32.4. The maximum Gasteiger partial charge on any atom is 0.356 e. The Morgan fingerprint density at radius 1 is 1.24 bits per heavy atom. The van der Waals surface area contributed by atoms with Crippen LogP contribution in [0.1, 0.15) is 43.7 Å². The van der Waals surface area contributed by atoms with E-state index >= 15 is 0 Å². The summed E-state index contributed by atoms with van der Waals surface area (Å²) < 4.78 is 5.57. The maximum atomic E-state index is 13.4. The van der Waals surface area contributed by atoms with Crippen LogP contribution in [-0.4, -0.2) is 80.1 Å². The van der Waals surface area contributed by atoms with Gasteiger partial charge < -0.3 is 30.7 Å². The highest BCUT2D eigenvalue weighted by molar-refractivity contribution is 8.03. The summed E-state index contributed by atoms with van der Waals surface area (Å²) in [5.74, 6) is -3.12. The molecule has 2 saturated heterocycles. The number of benzene rings is 1. The molecular formula is C29H34N6O8S2. The van der Waals surface area contributed by atoms with Crippen LogP contribution in [0, 0.1) is 27.9 Å². The molecule has 1 aromatic heterocycles. The number of hydrogen-bond donors (Lipinski definition) is 3. The molecule has 0 radical (unpaired) electrons. The third kappa shape index (κ3) is 6.26. The molecule has 45 heavy (non-hydrogen) atoms. The molecular weight excluding hydrogens is 624 g/mol. The zero-order valence-electron chi connectivity index (χ0n) is 25.0. The van der Waals surface area contributed by atoms with E-state index in [-0.39, 0.29) is 52.7 Å². The number of nitrogens with one attached hydrogen (secondary N) is 1. The highest BCUT2D eigenvalue weighted by atomic mass is 32.2. The second-order valence-corrected chi connectivity index (χ2v) is 13.9. The predicted molar refractivity (Wildman–Crippen MR) is 166 cm³/mol. The van der Waals surface area contributed by atoms with E-state index in [2.05, 4.69) is 10.3 Å². The van der Waals surface area contributed by atoms with E-state index in [4.69, 9.17) is 10.5 Å². The maximum absolute atomic E-state index is 13.4. The first-order chi connectivity index (χ1) is 21.3. The molecule has 4 heterocycles. The first-order valence-corrected chi connectivity index (χ1v) is 16.2. The number of nitro benzene ring substituents is 1. The molecule has 240 valence electrons. The zero-order chi connectivity index (χ0) is 32.7. The molecule has 3 amide bonds. The number of thiazole rings is 1. The number of rotatable bonds is 12. The smallest absolute Gasteiger partial charge is 0.356 e. The number of nitro groups is 1.